The predicted octanol–water partition coefficient (Wildman–Crippen LogP) is 4.18. The monoisotopic (exact) mass is 539 g/mol. The fourth-order valence-electron chi connectivity index (χ4n) is 4.48. The fraction of sp³-hybridized carbons (Fsp3) is 0.462. The SMILES string of the molecule is Cc1scnc1Cn1c(-c2ccc(OCCN3CCNCC3)cc2Cl)nc2c(OC3(C)CC3)ncnc21. The van der Waals surface area contributed by atoms with Crippen LogP contribution in [0.4, 0.5) is 0 Å². The van der Waals surface area contributed by atoms with Gasteiger partial charge in [-0.2, -0.15) is 4.98 Å². The Kier molecular flexibility index (Phi) is 6.74. The first-order valence-electron chi connectivity index (χ1n) is 12.6. The normalized spacial score (nSPS) is 17.3. The van der Waals surface area contributed by atoms with E-state index in [1.807, 2.05) is 28.3 Å². The van der Waals surface area contributed by atoms with E-state index in [1.165, 1.54) is 6.33 Å². The molecule has 4 heterocycles. The Balaban J connectivity index is 1.32. The van der Waals surface area contributed by atoms with E-state index in [-0.39, 0.29) is 5.60 Å². The molecule has 194 valence electrons. The lowest BCUT2D eigenvalue weighted by molar-refractivity contribution is 0.191. The Hall–Kier alpha value is -2.79. The van der Waals surface area contributed by atoms with Crippen LogP contribution >= 0.6 is 22.9 Å². The Morgan fingerprint density at radius 1 is 1.16 bits per heavy atom. The summed E-state index contributed by atoms with van der Waals surface area (Å²) in [5.41, 5.74) is 4.78. The molecular weight excluding hydrogens is 510 g/mol. The van der Waals surface area contributed by atoms with Crippen molar-refractivity contribution < 1.29 is 9.47 Å². The molecule has 4 aromatic rings. The molecule has 0 atom stereocenters. The van der Waals surface area contributed by atoms with Crippen LogP contribution in [-0.2, 0) is 6.54 Å². The number of rotatable bonds is 9. The number of piperazine rings is 1. The standard InChI is InChI=1S/C26H30ClN7O2S/c1-17-21(31-16-37-17)14-34-23(32-22-24(34)29-15-30-25(22)36-26(2)5-6-26)19-4-3-18(13-20(19)27)35-12-11-33-9-7-28-8-10-33/h3-4,13,15-16,28H,5-12,14H2,1-2H3. The van der Waals surface area contributed by atoms with E-state index in [1.54, 1.807) is 11.3 Å². The number of benzene rings is 1. The minimum absolute atomic E-state index is 0.182. The first kappa shape index (κ1) is 24.5. The van der Waals surface area contributed by atoms with Gasteiger partial charge in [0.2, 0.25) is 5.88 Å². The summed E-state index contributed by atoms with van der Waals surface area (Å²) >= 11 is 8.45. The summed E-state index contributed by atoms with van der Waals surface area (Å²) in [6.45, 7) is 10.3. The second-order valence-corrected chi connectivity index (χ2v) is 11.3. The lowest BCUT2D eigenvalue weighted by Crippen LogP contribution is -2.44. The van der Waals surface area contributed by atoms with Gasteiger partial charge in [-0.05, 0) is 44.9 Å². The van der Waals surface area contributed by atoms with Crippen molar-refractivity contribution in [1.29, 1.82) is 0 Å². The molecule has 1 saturated heterocycles. The van der Waals surface area contributed by atoms with Crippen molar-refractivity contribution in [3.8, 4) is 23.0 Å². The van der Waals surface area contributed by atoms with Gasteiger partial charge in [0.25, 0.3) is 0 Å². The number of halogens is 1. The number of aryl methyl sites for hydroxylation is 1. The first-order valence-corrected chi connectivity index (χ1v) is 13.9. The van der Waals surface area contributed by atoms with E-state index in [9.17, 15) is 0 Å². The zero-order valence-electron chi connectivity index (χ0n) is 21.0. The quantitative estimate of drug-likeness (QED) is 0.339. The maximum atomic E-state index is 6.83. The van der Waals surface area contributed by atoms with E-state index in [4.69, 9.17) is 26.1 Å². The summed E-state index contributed by atoms with van der Waals surface area (Å²) in [7, 11) is 0. The molecule has 1 N–H and O–H groups in total. The Morgan fingerprint density at radius 2 is 2.00 bits per heavy atom. The summed E-state index contributed by atoms with van der Waals surface area (Å²) < 4.78 is 14.3. The minimum Gasteiger partial charge on any atom is -0.492 e. The zero-order valence-corrected chi connectivity index (χ0v) is 22.6. The predicted molar refractivity (Wildman–Crippen MR) is 145 cm³/mol. The molecule has 9 nitrogen and oxygen atoms in total. The molecular formula is C26H30ClN7O2S. The Labute approximate surface area is 224 Å². The molecule has 2 fully saturated rings. The average Bonchev–Trinajstić information content (AvgIpc) is 3.30. The van der Waals surface area contributed by atoms with Crippen LogP contribution < -0.4 is 14.8 Å². The molecule has 1 saturated carbocycles. The number of thiazole rings is 1. The largest absolute Gasteiger partial charge is 0.492 e. The number of nitrogens with zero attached hydrogens (tertiary/aromatic N) is 6. The molecule has 2 aliphatic rings. The molecule has 6 rings (SSSR count). The fourth-order valence-corrected chi connectivity index (χ4v) is 5.33. The van der Waals surface area contributed by atoms with Crippen LogP contribution in [0.1, 0.15) is 30.3 Å². The second-order valence-electron chi connectivity index (χ2n) is 9.86. The van der Waals surface area contributed by atoms with Crippen LogP contribution in [-0.4, -0.2) is 74.3 Å². The summed E-state index contributed by atoms with van der Waals surface area (Å²) in [6.07, 6.45) is 3.55. The average molecular weight is 540 g/mol. The maximum absolute atomic E-state index is 6.83. The molecule has 11 heteroatoms. The van der Waals surface area contributed by atoms with Crippen LogP contribution in [0.15, 0.2) is 30.0 Å². The van der Waals surface area contributed by atoms with E-state index in [0.29, 0.717) is 41.0 Å². The van der Waals surface area contributed by atoms with Gasteiger partial charge in [-0.25, -0.2) is 15.0 Å². The van der Waals surface area contributed by atoms with Crippen molar-refractivity contribution in [3.05, 3.63) is 45.6 Å². The number of hydrogen-bond acceptors (Lipinski definition) is 9. The van der Waals surface area contributed by atoms with Crippen molar-refractivity contribution in [1.82, 2.24) is 34.7 Å². The van der Waals surface area contributed by atoms with Crippen LogP contribution in [0.5, 0.6) is 11.6 Å². The molecule has 1 aliphatic carbocycles. The summed E-state index contributed by atoms with van der Waals surface area (Å²) in [6, 6.07) is 5.77. The van der Waals surface area contributed by atoms with Gasteiger partial charge in [-0.1, -0.05) is 11.6 Å². The number of nitrogens with one attached hydrogen (secondary N) is 1. The molecule has 0 spiro atoms. The second kappa shape index (κ2) is 10.2. The third-order valence-electron chi connectivity index (χ3n) is 7.02. The van der Waals surface area contributed by atoms with Crippen molar-refractivity contribution in [3.63, 3.8) is 0 Å². The van der Waals surface area contributed by atoms with Crippen LogP contribution in [0, 0.1) is 6.92 Å². The van der Waals surface area contributed by atoms with E-state index in [2.05, 4.69) is 39.0 Å². The van der Waals surface area contributed by atoms with Crippen molar-refractivity contribution in [2.75, 3.05) is 39.3 Å². The van der Waals surface area contributed by atoms with Gasteiger partial charge < -0.3 is 19.4 Å². The molecule has 0 radical (unpaired) electrons. The minimum atomic E-state index is -0.182. The van der Waals surface area contributed by atoms with Gasteiger partial charge in [0.05, 0.1) is 22.8 Å². The number of ether oxygens (including phenoxy) is 2. The van der Waals surface area contributed by atoms with E-state index >= 15 is 0 Å². The maximum Gasteiger partial charge on any atom is 0.245 e. The molecule has 1 aromatic carbocycles. The Morgan fingerprint density at radius 3 is 2.73 bits per heavy atom. The summed E-state index contributed by atoms with van der Waals surface area (Å²) in [5.74, 6) is 1.95. The first-order chi connectivity index (χ1) is 18.0. The lowest BCUT2D eigenvalue weighted by atomic mass is 10.2. The van der Waals surface area contributed by atoms with Crippen LogP contribution in [0.25, 0.3) is 22.6 Å². The van der Waals surface area contributed by atoms with Gasteiger partial charge >= 0.3 is 0 Å². The highest BCUT2D eigenvalue weighted by molar-refractivity contribution is 7.09. The van der Waals surface area contributed by atoms with Crippen molar-refractivity contribution >= 4 is 34.1 Å². The highest BCUT2D eigenvalue weighted by atomic mass is 35.5. The van der Waals surface area contributed by atoms with Gasteiger partial charge in [0.15, 0.2) is 11.2 Å². The highest BCUT2D eigenvalue weighted by Crippen LogP contribution is 2.41. The van der Waals surface area contributed by atoms with Crippen molar-refractivity contribution in [2.45, 2.75) is 38.8 Å². The molecule has 3 aromatic heterocycles. The molecule has 0 amide bonds. The van der Waals surface area contributed by atoms with E-state index < -0.39 is 0 Å². The summed E-state index contributed by atoms with van der Waals surface area (Å²) in [4.78, 5) is 22.1. The highest BCUT2D eigenvalue weighted by Gasteiger charge is 2.41. The smallest absolute Gasteiger partial charge is 0.245 e. The molecule has 37 heavy (non-hydrogen) atoms. The van der Waals surface area contributed by atoms with Crippen LogP contribution in [0.3, 0.4) is 0 Å². The van der Waals surface area contributed by atoms with Gasteiger partial charge in [-0.15, -0.1) is 11.3 Å². The number of hydrogen-bond donors (Lipinski definition) is 1. The van der Waals surface area contributed by atoms with Gasteiger partial charge in [0, 0.05) is 43.2 Å². The van der Waals surface area contributed by atoms with Crippen LogP contribution in [0.2, 0.25) is 5.02 Å². The van der Waals surface area contributed by atoms with Gasteiger partial charge in [-0.3, -0.25) is 4.90 Å². The third kappa shape index (κ3) is 5.29. The number of imidazole rings is 1. The zero-order chi connectivity index (χ0) is 25.4. The molecule has 0 bridgehead atoms. The van der Waals surface area contributed by atoms with Crippen molar-refractivity contribution in [2.24, 2.45) is 0 Å². The molecule has 1 aliphatic heterocycles. The number of fused-ring (bicyclic) bond motifs is 1. The summed E-state index contributed by atoms with van der Waals surface area (Å²) in [5, 5.41) is 3.94. The van der Waals surface area contributed by atoms with E-state index in [0.717, 1.165) is 67.4 Å². The third-order valence-corrected chi connectivity index (χ3v) is 8.13. The molecule has 0 unspecified atom stereocenters. The van der Waals surface area contributed by atoms with Gasteiger partial charge in [0.1, 0.15) is 30.1 Å². The number of aromatic nitrogens is 5. The lowest BCUT2D eigenvalue weighted by Gasteiger charge is -2.26. The Bertz CT molecular complexity index is 1410. The topological polar surface area (TPSA) is 90.2 Å².